The van der Waals surface area contributed by atoms with E-state index >= 15 is 0 Å². The Morgan fingerprint density at radius 2 is 1.61 bits per heavy atom. The molecule has 9 heteroatoms. The zero-order chi connectivity index (χ0) is 22.1. The highest BCUT2D eigenvalue weighted by molar-refractivity contribution is 8.01. The van der Waals surface area contributed by atoms with Gasteiger partial charge in [-0.1, -0.05) is 42.1 Å². The minimum Gasteiger partial charge on any atom is -0.352 e. The van der Waals surface area contributed by atoms with Crippen molar-refractivity contribution in [3.63, 3.8) is 0 Å². The largest absolute Gasteiger partial charge is 0.352 e. The quantitative estimate of drug-likeness (QED) is 0.428. The lowest BCUT2D eigenvalue weighted by molar-refractivity contribution is -0.120. The molecule has 0 aliphatic carbocycles. The van der Waals surface area contributed by atoms with Crippen molar-refractivity contribution in [2.45, 2.75) is 24.2 Å². The Hall–Kier alpha value is -3.17. The number of carbonyl (C=O) groups excluding carboxylic acids is 3. The van der Waals surface area contributed by atoms with E-state index in [9.17, 15) is 14.4 Å². The highest BCUT2D eigenvalue weighted by Gasteiger charge is 2.10. The number of hydrogen-bond donors (Lipinski definition) is 3. The van der Waals surface area contributed by atoms with Crippen molar-refractivity contribution in [1.82, 2.24) is 10.3 Å². The van der Waals surface area contributed by atoms with Crippen LogP contribution < -0.4 is 16.0 Å². The Bertz CT molecular complexity index is 1040. The summed E-state index contributed by atoms with van der Waals surface area (Å²) in [7, 11) is 0. The van der Waals surface area contributed by atoms with Crippen molar-refractivity contribution in [2.75, 3.05) is 16.4 Å². The average Bonchev–Trinajstić information content (AvgIpc) is 3.20. The Kier molecular flexibility index (Phi) is 8.19. The second-order valence-electron chi connectivity index (χ2n) is 6.64. The van der Waals surface area contributed by atoms with E-state index in [2.05, 4.69) is 20.9 Å². The summed E-state index contributed by atoms with van der Waals surface area (Å²) in [5.41, 5.74) is 3.05. The molecule has 1 heterocycles. The third kappa shape index (κ3) is 7.88. The molecule has 0 atom stereocenters. The first-order valence-corrected chi connectivity index (χ1v) is 11.4. The summed E-state index contributed by atoms with van der Waals surface area (Å²) in [4.78, 5) is 39.7. The predicted octanol–water partition coefficient (Wildman–Crippen LogP) is 3.69. The van der Waals surface area contributed by atoms with E-state index < -0.39 is 0 Å². The Balaban J connectivity index is 1.40. The van der Waals surface area contributed by atoms with Gasteiger partial charge in [-0.15, -0.1) is 11.3 Å². The number of rotatable bonds is 9. The monoisotopic (exact) mass is 454 g/mol. The highest BCUT2D eigenvalue weighted by atomic mass is 32.2. The standard InChI is InChI=1S/C22H22N4O3S2/c1-15(27)24-17-7-9-18(10-8-17)25-21(29)14-31-22-26-19(13-30-22)11-20(28)23-12-16-5-3-2-4-6-16/h2-10,13H,11-12,14H2,1H3,(H,23,28)(H,24,27)(H,25,29). The van der Waals surface area contributed by atoms with Gasteiger partial charge < -0.3 is 16.0 Å². The third-order valence-electron chi connectivity index (χ3n) is 4.02. The van der Waals surface area contributed by atoms with Crippen LogP contribution in [0.4, 0.5) is 11.4 Å². The van der Waals surface area contributed by atoms with Crippen molar-refractivity contribution < 1.29 is 14.4 Å². The van der Waals surface area contributed by atoms with Crippen molar-refractivity contribution in [3.8, 4) is 0 Å². The normalized spacial score (nSPS) is 10.4. The fourth-order valence-electron chi connectivity index (χ4n) is 2.62. The molecule has 0 saturated heterocycles. The van der Waals surface area contributed by atoms with Gasteiger partial charge in [-0.3, -0.25) is 14.4 Å². The van der Waals surface area contributed by atoms with E-state index in [-0.39, 0.29) is 29.9 Å². The molecule has 0 spiro atoms. The molecule has 0 saturated carbocycles. The summed E-state index contributed by atoms with van der Waals surface area (Å²) >= 11 is 2.74. The van der Waals surface area contributed by atoms with Crippen LogP contribution in [0.2, 0.25) is 0 Å². The molecule has 3 N–H and O–H groups in total. The molecule has 3 aromatic rings. The van der Waals surface area contributed by atoms with E-state index in [0.29, 0.717) is 23.6 Å². The van der Waals surface area contributed by atoms with Crippen molar-refractivity contribution >= 4 is 52.2 Å². The van der Waals surface area contributed by atoms with Crippen LogP contribution in [0.3, 0.4) is 0 Å². The maximum Gasteiger partial charge on any atom is 0.234 e. The van der Waals surface area contributed by atoms with Crippen LogP contribution in [0.1, 0.15) is 18.2 Å². The molecule has 3 amide bonds. The first kappa shape index (κ1) is 22.5. The number of thioether (sulfide) groups is 1. The molecule has 0 aliphatic rings. The molecular weight excluding hydrogens is 432 g/mol. The average molecular weight is 455 g/mol. The second kappa shape index (κ2) is 11.3. The number of amides is 3. The molecule has 1 aromatic heterocycles. The molecule has 0 aliphatic heterocycles. The van der Waals surface area contributed by atoms with E-state index in [1.54, 1.807) is 24.3 Å². The summed E-state index contributed by atoms with van der Waals surface area (Å²) < 4.78 is 0.738. The van der Waals surface area contributed by atoms with Gasteiger partial charge in [-0.05, 0) is 29.8 Å². The minimum absolute atomic E-state index is 0.0915. The van der Waals surface area contributed by atoms with Crippen LogP contribution in [0.25, 0.3) is 0 Å². The highest BCUT2D eigenvalue weighted by Crippen LogP contribution is 2.23. The Morgan fingerprint density at radius 1 is 0.935 bits per heavy atom. The summed E-state index contributed by atoms with van der Waals surface area (Å²) in [6, 6.07) is 16.6. The lowest BCUT2D eigenvalue weighted by atomic mass is 10.2. The third-order valence-corrected chi connectivity index (χ3v) is 6.09. The summed E-state index contributed by atoms with van der Waals surface area (Å²) in [5, 5.41) is 10.2. The molecule has 3 rings (SSSR count). The lowest BCUT2D eigenvalue weighted by Gasteiger charge is -2.06. The number of anilines is 2. The van der Waals surface area contributed by atoms with Gasteiger partial charge in [-0.2, -0.15) is 0 Å². The summed E-state index contributed by atoms with van der Waals surface area (Å²) in [6.07, 6.45) is 0.205. The van der Waals surface area contributed by atoms with Gasteiger partial charge in [0.05, 0.1) is 17.9 Å². The maximum atomic E-state index is 12.2. The van der Waals surface area contributed by atoms with Crippen LogP contribution in [-0.4, -0.2) is 28.5 Å². The molecule has 31 heavy (non-hydrogen) atoms. The predicted molar refractivity (Wildman–Crippen MR) is 124 cm³/mol. The van der Waals surface area contributed by atoms with Crippen LogP contribution in [0, 0.1) is 0 Å². The molecule has 0 bridgehead atoms. The molecule has 0 unspecified atom stereocenters. The summed E-state index contributed by atoms with van der Waals surface area (Å²) in [6.45, 7) is 1.92. The molecule has 0 fully saturated rings. The van der Waals surface area contributed by atoms with Gasteiger partial charge in [0, 0.05) is 30.2 Å². The number of carbonyl (C=O) groups is 3. The number of aromatic nitrogens is 1. The summed E-state index contributed by atoms with van der Waals surface area (Å²) in [5.74, 6) is -0.189. The molecule has 2 aromatic carbocycles. The van der Waals surface area contributed by atoms with Gasteiger partial charge in [0.2, 0.25) is 17.7 Å². The Morgan fingerprint density at radius 3 is 2.29 bits per heavy atom. The van der Waals surface area contributed by atoms with Gasteiger partial charge in [-0.25, -0.2) is 4.98 Å². The van der Waals surface area contributed by atoms with E-state index in [0.717, 1.165) is 9.90 Å². The zero-order valence-electron chi connectivity index (χ0n) is 16.9. The fraction of sp³-hybridized carbons (Fsp3) is 0.182. The topological polar surface area (TPSA) is 100 Å². The van der Waals surface area contributed by atoms with E-state index in [1.807, 2.05) is 35.7 Å². The molecule has 7 nitrogen and oxygen atoms in total. The number of thiazole rings is 1. The van der Waals surface area contributed by atoms with Gasteiger partial charge >= 0.3 is 0 Å². The SMILES string of the molecule is CC(=O)Nc1ccc(NC(=O)CSc2nc(CC(=O)NCc3ccccc3)cs2)cc1. The van der Waals surface area contributed by atoms with Crippen LogP contribution in [0.5, 0.6) is 0 Å². The fourth-order valence-corrected chi connectivity index (χ4v) is 4.27. The van der Waals surface area contributed by atoms with Crippen LogP contribution >= 0.6 is 23.1 Å². The van der Waals surface area contributed by atoms with E-state index in [1.165, 1.54) is 30.0 Å². The van der Waals surface area contributed by atoms with Crippen molar-refractivity contribution in [2.24, 2.45) is 0 Å². The smallest absolute Gasteiger partial charge is 0.234 e. The van der Waals surface area contributed by atoms with Crippen LogP contribution in [0.15, 0.2) is 64.3 Å². The first-order chi connectivity index (χ1) is 15.0. The van der Waals surface area contributed by atoms with E-state index in [4.69, 9.17) is 0 Å². The van der Waals surface area contributed by atoms with Gasteiger partial charge in [0.1, 0.15) is 0 Å². The zero-order valence-corrected chi connectivity index (χ0v) is 18.5. The number of hydrogen-bond acceptors (Lipinski definition) is 6. The number of nitrogens with one attached hydrogen (secondary N) is 3. The van der Waals surface area contributed by atoms with Crippen LogP contribution in [-0.2, 0) is 27.3 Å². The minimum atomic E-state index is -0.158. The number of nitrogens with zero attached hydrogens (tertiary/aromatic N) is 1. The Labute approximate surface area is 188 Å². The maximum absolute atomic E-state index is 12.2. The molecule has 160 valence electrons. The molecule has 0 radical (unpaired) electrons. The molecular formula is C22H22N4O3S2. The van der Waals surface area contributed by atoms with Crippen molar-refractivity contribution in [1.29, 1.82) is 0 Å². The van der Waals surface area contributed by atoms with Crippen molar-refractivity contribution in [3.05, 3.63) is 71.2 Å². The first-order valence-electron chi connectivity index (χ1n) is 9.53. The number of benzene rings is 2. The second-order valence-corrected chi connectivity index (χ2v) is 8.72. The lowest BCUT2D eigenvalue weighted by Crippen LogP contribution is -2.24. The van der Waals surface area contributed by atoms with Gasteiger partial charge in [0.25, 0.3) is 0 Å². The van der Waals surface area contributed by atoms with Gasteiger partial charge in [0.15, 0.2) is 4.34 Å².